The van der Waals surface area contributed by atoms with Gasteiger partial charge in [-0.3, -0.25) is 4.79 Å². The molecule has 0 spiro atoms. The molecule has 0 radical (unpaired) electrons. The summed E-state index contributed by atoms with van der Waals surface area (Å²) in [4.78, 5) is 11.7. The number of nitrogens with zero attached hydrogens (tertiary/aromatic N) is 1. The SMILES string of the molecule is CCO[Si](OCC)(OCC)C(=O)CC#N. The molecule has 0 atom stereocenters. The molecule has 0 heterocycles. The maximum atomic E-state index is 11.7. The zero-order chi connectivity index (χ0) is 11.7. The molecular formula is C9H17NO4Si. The van der Waals surface area contributed by atoms with Gasteiger partial charge < -0.3 is 13.3 Å². The lowest BCUT2D eigenvalue weighted by atomic mass is 10.5. The molecule has 0 unspecified atom stereocenters. The predicted molar refractivity (Wildman–Crippen MR) is 55.9 cm³/mol. The second-order valence-electron chi connectivity index (χ2n) is 2.61. The molecule has 0 aromatic rings. The van der Waals surface area contributed by atoms with E-state index in [4.69, 9.17) is 18.5 Å². The van der Waals surface area contributed by atoms with Crippen LogP contribution in [0.4, 0.5) is 0 Å². The van der Waals surface area contributed by atoms with Gasteiger partial charge in [0, 0.05) is 19.8 Å². The Morgan fingerprint density at radius 3 is 1.80 bits per heavy atom. The van der Waals surface area contributed by atoms with Gasteiger partial charge in [-0.1, -0.05) is 0 Å². The first-order valence-corrected chi connectivity index (χ1v) is 6.71. The summed E-state index contributed by atoms with van der Waals surface area (Å²) in [5.74, 6) is 0. The van der Waals surface area contributed by atoms with E-state index in [-0.39, 0.29) is 11.8 Å². The second kappa shape index (κ2) is 7.54. The molecule has 0 aliphatic rings. The first-order valence-electron chi connectivity index (χ1n) is 4.98. The van der Waals surface area contributed by atoms with Crippen molar-refractivity contribution >= 4 is 14.2 Å². The molecule has 0 fully saturated rings. The third-order valence-corrected chi connectivity index (χ3v) is 4.45. The number of rotatable bonds is 8. The maximum Gasteiger partial charge on any atom is 0.575 e. The minimum atomic E-state index is -3.28. The van der Waals surface area contributed by atoms with Gasteiger partial charge in [-0.15, -0.1) is 0 Å². The lowest BCUT2D eigenvalue weighted by Crippen LogP contribution is -2.53. The average Bonchev–Trinajstić information content (AvgIpc) is 2.19. The number of nitriles is 1. The van der Waals surface area contributed by atoms with Crippen molar-refractivity contribution in [1.29, 1.82) is 5.26 Å². The van der Waals surface area contributed by atoms with Crippen LogP contribution in [0.2, 0.25) is 0 Å². The van der Waals surface area contributed by atoms with Crippen LogP contribution < -0.4 is 0 Å². The van der Waals surface area contributed by atoms with Crippen LogP contribution in [0.15, 0.2) is 0 Å². The van der Waals surface area contributed by atoms with Crippen LogP contribution in [0.5, 0.6) is 0 Å². The van der Waals surface area contributed by atoms with E-state index in [1.165, 1.54) is 0 Å². The molecule has 15 heavy (non-hydrogen) atoms. The van der Waals surface area contributed by atoms with E-state index in [1.807, 2.05) is 0 Å². The van der Waals surface area contributed by atoms with Crippen molar-refractivity contribution in [1.82, 2.24) is 0 Å². The Hall–Kier alpha value is -0.743. The first-order chi connectivity index (χ1) is 7.16. The van der Waals surface area contributed by atoms with E-state index in [1.54, 1.807) is 26.8 Å². The molecule has 0 N–H and O–H groups in total. The van der Waals surface area contributed by atoms with Crippen molar-refractivity contribution in [2.24, 2.45) is 0 Å². The van der Waals surface area contributed by atoms with Gasteiger partial charge in [0.2, 0.25) is 5.41 Å². The molecule has 0 bridgehead atoms. The zero-order valence-electron chi connectivity index (χ0n) is 9.41. The fourth-order valence-electron chi connectivity index (χ4n) is 1.12. The van der Waals surface area contributed by atoms with Gasteiger partial charge in [0.25, 0.3) is 0 Å². The van der Waals surface area contributed by atoms with E-state index in [9.17, 15) is 4.79 Å². The van der Waals surface area contributed by atoms with Crippen molar-refractivity contribution in [2.75, 3.05) is 19.8 Å². The van der Waals surface area contributed by atoms with Crippen LogP contribution in [-0.4, -0.2) is 34.0 Å². The Labute approximate surface area is 91.3 Å². The van der Waals surface area contributed by atoms with Gasteiger partial charge in [0.05, 0.1) is 12.5 Å². The number of hydrogen-bond acceptors (Lipinski definition) is 5. The van der Waals surface area contributed by atoms with Crippen LogP contribution >= 0.6 is 0 Å². The van der Waals surface area contributed by atoms with Crippen LogP contribution in [-0.2, 0) is 18.1 Å². The van der Waals surface area contributed by atoms with Crippen molar-refractivity contribution in [2.45, 2.75) is 27.2 Å². The van der Waals surface area contributed by atoms with Crippen molar-refractivity contribution in [3.63, 3.8) is 0 Å². The van der Waals surface area contributed by atoms with Gasteiger partial charge in [0.15, 0.2) is 0 Å². The molecule has 0 aliphatic carbocycles. The smallest absolute Gasteiger partial charge is 0.369 e. The molecule has 0 amide bonds. The van der Waals surface area contributed by atoms with Gasteiger partial charge in [-0.2, -0.15) is 5.26 Å². The third-order valence-electron chi connectivity index (χ3n) is 1.58. The standard InChI is InChI=1S/C9H17NO4Si/c1-4-12-15(13-5-2,14-6-3)9(11)7-8-10/h4-7H2,1-3H3. The zero-order valence-corrected chi connectivity index (χ0v) is 10.4. The molecule has 5 nitrogen and oxygen atoms in total. The topological polar surface area (TPSA) is 68.6 Å². The lowest BCUT2D eigenvalue weighted by Gasteiger charge is -2.25. The highest BCUT2D eigenvalue weighted by molar-refractivity contribution is 6.92. The second-order valence-corrected chi connectivity index (χ2v) is 5.15. The van der Waals surface area contributed by atoms with Gasteiger partial charge in [-0.05, 0) is 20.8 Å². The summed E-state index contributed by atoms with van der Waals surface area (Å²) < 4.78 is 16.0. The molecule has 0 aliphatic heterocycles. The predicted octanol–water partition coefficient (Wildman–Crippen LogP) is 1.06. The van der Waals surface area contributed by atoms with Crippen LogP contribution in [0, 0.1) is 11.3 Å². The van der Waals surface area contributed by atoms with Crippen LogP contribution in [0.1, 0.15) is 27.2 Å². The number of carbonyl (C=O) groups is 1. The monoisotopic (exact) mass is 231 g/mol. The van der Waals surface area contributed by atoms with E-state index in [2.05, 4.69) is 0 Å². The van der Waals surface area contributed by atoms with E-state index < -0.39 is 8.80 Å². The molecule has 6 heteroatoms. The number of hydrogen-bond donors (Lipinski definition) is 0. The quantitative estimate of drug-likeness (QED) is 0.584. The van der Waals surface area contributed by atoms with Crippen molar-refractivity contribution in [3.8, 4) is 6.07 Å². The van der Waals surface area contributed by atoms with Crippen LogP contribution in [0.3, 0.4) is 0 Å². The molecule has 0 rings (SSSR count). The van der Waals surface area contributed by atoms with Crippen molar-refractivity contribution < 1.29 is 18.1 Å². The van der Waals surface area contributed by atoms with Gasteiger partial charge >= 0.3 is 8.80 Å². The summed E-state index contributed by atoms with van der Waals surface area (Å²) in [5.41, 5.74) is 0. The average molecular weight is 231 g/mol. The summed E-state index contributed by atoms with van der Waals surface area (Å²) in [6, 6.07) is 1.79. The van der Waals surface area contributed by atoms with E-state index in [0.717, 1.165) is 0 Å². The first kappa shape index (κ1) is 14.3. The Kier molecular flexibility index (Phi) is 7.16. The van der Waals surface area contributed by atoms with Crippen molar-refractivity contribution in [3.05, 3.63) is 0 Å². The minimum absolute atomic E-state index is 0.230. The fraction of sp³-hybridized carbons (Fsp3) is 0.778. The maximum absolute atomic E-state index is 11.7. The Morgan fingerprint density at radius 2 is 1.53 bits per heavy atom. The van der Waals surface area contributed by atoms with Gasteiger partial charge in [0.1, 0.15) is 0 Å². The molecule has 0 saturated heterocycles. The molecule has 0 aromatic carbocycles. The molecular weight excluding hydrogens is 214 g/mol. The third kappa shape index (κ3) is 4.09. The Bertz CT molecular complexity index is 222. The van der Waals surface area contributed by atoms with E-state index >= 15 is 0 Å². The molecule has 0 aromatic heterocycles. The normalized spacial score (nSPS) is 11.1. The summed E-state index contributed by atoms with van der Waals surface area (Å²) in [6.45, 7) is 6.30. The van der Waals surface area contributed by atoms with Gasteiger partial charge in [-0.25, -0.2) is 0 Å². The minimum Gasteiger partial charge on any atom is -0.369 e. The number of carbonyl (C=O) groups excluding carboxylic acids is 1. The molecule has 0 saturated carbocycles. The Balaban J connectivity index is 4.75. The largest absolute Gasteiger partial charge is 0.575 e. The summed E-state index contributed by atoms with van der Waals surface area (Å²) >= 11 is 0. The summed E-state index contributed by atoms with van der Waals surface area (Å²) in [5, 5.41) is 8.12. The van der Waals surface area contributed by atoms with E-state index in [0.29, 0.717) is 19.8 Å². The summed E-state index contributed by atoms with van der Waals surface area (Å²) in [7, 11) is -3.28. The Morgan fingerprint density at radius 1 is 1.13 bits per heavy atom. The highest BCUT2D eigenvalue weighted by Crippen LogP contribution is 2.13. The van der Waals surface area contributed by atoms with Crippen LogP contribution in [0.25, 0.3) is 0 Å². The lowest BCUT2D eigenvalue weighted by molar-refractivity contribution is -0.118. The fourth-order valence-corrected chi connectivity index (χ4v) is 3.29. The highest BCUT2D eigenvalue weighted by Gasteiger charge is 2.49. The summed E-state index contributed by atoms with van der Waals surface area (Å²) in [6.07, 6.45) is -0.230. The highest BCUT2D eigenvalue weighted by atomic mass is 28.4. The molecule has 86 valence electrons.